The lowest BCUT2D eigenvalue weighted by Gasteiger charge is -2.28. The number of aromatic nitrogens is 2. The highest BCUT2D eigenvalue weighted by atomic mass is 19.1. The van der Waals surface area contributed by atoms with Gasteiger partial charge in [0, 0.05) is 11.9 Å². The van der Waals surface area contributed by atoms with Gasteiger partial charge in [-0.2, -0.15) is 0 Å². The van der Waals surface area contributed by atoms with Gasteiger partial charge in [-0.25, -0.2) is 14.4 Å². The number of halogens is 1. The Hall–Kier alpha value is -2.53. The molecule has 0 spiro atoms. The van der Waals surface area contributed by atoms with Crippen molar-refractivity contribution in [2.24, 2.45) is 0 Å². The first-order valence-electron chi connectivity index (χ1n) is 8.75. The summed E-state index contributed by atoms with van der Waals surface area (Å²) in [6, 6.07) is 15.8. The Balaban J connectivity index is 1.60. The third-order valence-corrected chi connectivity index (χ3v) is 4.84. The van der Waals surface area contributed by atoms with Crippen molar-refractivity contribution >= 4 is 16.7 Å². The zero-order valence-electron chi connectivity index (χ0n) is 14.0. The fraction of sp³-hybridized carbons (Fsp3) is 0.300. The number of likely N-dealkylation sites (tertiary alicyclic amines) is 1. The standard InChI is InChI=1S/C20H21FN4/c21-17-10-6-9-16-19(17)23-14-24-20(16)22-13-18(25-11-4-5-12-25)15-7-2-1-3-8-15/h1-3,6-10,14,18H,4-5,11-13H2,(H,22,23,24). The molecule has 0 amide bonds. The molecule has 1 fully saturated rings. The molecule has 0 radical (unpaired) electrons. The Morgan fingerprint density at radius 2 is 1.80 bits per heavy atom. The predicted octanol–water partition coefficient (Wildman–Crippen LogP) is 4.02. The van der Waals surface area contributed by atoms with E-state index in [0.29, 0.717) is 11.3 Å². The second-order valence-electron chi connectivity index (χ2n) is 6.41. The Kier molecular flexibility index (Phi) is 4.57. The maximum absolute atomic E-state index is 13.9. The molecule has 1 aliphatic rings. The van der Waals surface area contributed by atoms with Crippen molar-refractivity contribution in [2.45, 2.75) is 18.9 Å². The molecular weight excluding hydrogens is 315 g/mol. The summed E-state index contributed by atoms with van der Waals surface area (Å²) in [6.07, 6.45) is 3.90. The topological polar surface area (TPSA) is 41.0 Å². The fourth-order valence-corrected chi connectivity index (χ4v) is 3.57. The van der Waals surface area contributed by atoms with E-state index in [9.17, 15) is 4.39 Å². The number of hydrogen-bond donors (Lipinski definition) is 1. The minimum Gasteiger partial charge on any atom is -0.368 e. The van der Waals surface area contributed by atoms with Crippen LogP contribution in [0.5, 0.6) is 0 Å². The van der Waals surface area contributed by atoms with Crippen LogP contribution in [0.2, 0.25) is 0 Å². The van der Waals surface area contributed by atoms with Gasteiger partial charge in [0.25, 0.3) is 0 Å². The van der Waals surface area contributed by atoms with Crippen LogP contribution < -0.4 is 5.32 Å². The van der Waals surface area contributed by atoms with E-state index in [0.717, 1.165) is 25.0 Å². The van der Waals surface area contributed by atoms with Gasteiger partial charge in [-0.1, -0.05) is 36.4 Å². The van der Waals surface area contributed by atoms with Crippen LogP contribution in [0.3, 0.4) is 0 Å². The molecule has 25 heavy (non-hydrogen) atoms. The third-order valence-electron chi connectivity index (χ3n) is 4.84. The molecule has 0 saturated carbocycles. The first-order chi connectivity index (χ1) is 12.3. The Morgan fingerprint density at radius 3 is 2.60 bits per heavy atom. The Morgan fingerprint density at radius 1 is 1.00 bits per heavy atom. The summed E-state index contributed by atoms with van der Waals surface area (Å²) in [7, 11) is 0. The molecule has 1 aromatic heterocycles. The maximum Gasteiger partial charge on any atom is 0.149 e. The molecule has 1 unspecified atom stereocenters. The van der Waals surface area contributed by atoms with Gasteiger partial charge in [-0.3, -0.25) is 4.90 Å². The van der Waals surface area contributed by atoms with Gasteiger partial charge in [0.15, 0.2) is 0 Å². The van der Waals surface area contributed by atoms with Crippen LogP contribution >= 0.6 is 0 Å². The number of anilines is 1. The van der Waals surface area contributed by atoms with Crippen LogP contribution in [-0.4, -0.2) is 34.5 Å². The fourth-order valence-electron chi connectivity index (χ4n) is 3.57. The minimum atomic E-state index is -0.317. The molecule has 1 saturated heterocycles. The molecule has 0 bridgehead atoms. The SMILES string of the molecule is Fc1cccc2c(NCC(c3ccccc3)N3CCCC3)ncnc12. The minimum absolute atomic E-state index is 0.280. The first-order valence-corrected chi connectivity index (χ1v) is 8.75. The predicted molar refractivity (Wildman–Crippen MR) is 98.0 cm³/mol. The molecule has 128 valence electrons. The number of fused-ring (bicyclic) bond motifs is 1. The van der Waals surface area contributed by atoms with Crippen LogP contribution in [-0.2, 0) is 0 Å². The molecule has 2 heterocycles. The summed E-state index contributed by atoms with van der Waals surface area (Å²) in [6.45, 7) is 2.95. The highest BCUT2D eigenvalue weighted by Crippen LogP contribution is 2.27. The lowest BCUT2D eigenvalue weighted by molar-refractivity contribution is 0.256. The van der Waals surface area contributed by atoms with Gasteiger partial charge in [-0.15, -0.1) is 0 Å². The van der Waals surface area contributed by atoms with Crippen molar-refractivity contribution in [2.75, 3.05) is 25.0 Å². The largest absolute Gasteiger partial charge is 0.368 e. The molecule has 1 atom stereocenters. The van der Waals surface area contributed by atoms with Crippen molar-refractivity contribution in [1.29, 1.82) is 0 Å². The summed E-state index contributed by atoms with van der Waals surface area (Å²) in [5.41, 5.74) is 1.65. The van der Waals surface area contributed by atoms with E-state index in [1.165, 1.54) is 30.8 Å². The molecule has 5 heteroatoms. The van der Waals surface area contributed by atoms with E-state index in [1.54, 1.807) is 6.07 Å². The number of hydrogen-bond acceptors (Lipinski definition) is 4. The second kappa shape index (κ2) is 7.15. The van der Waals surface area contributed by atoms with Crippen LogP contribution in [0, 0.1) is 5.82 Å². The van der Waals surface area contributed by atoms with Crippen molar-refractivity contribution in [3.63, 3.8) is 0 Å². The Labute approximate surface area is 146 Å². The van der Waals surface area contributed by atoms with Crippen molar-refractivity contribution < 1.29 is 4.39 Å². The van der Waals surface area contributed by atoms with E-state index in [1.807, 2.05) is 12.1 Å². The zero-order valence-corrected chi connectivity index (χ0v) is 14.0. The summed E-state index contributed by atoms with van der Waals surface area (Å²) in [5, 5.41) is 4.15. The summed E-state index contributed by atoms with van der Waals surface area (Å²) in [4.78, 5) is 10.9. The van der Waals surface area contributed by atoms with Gasteiger partial charge in [-0.05, 0) is 43.6 Å². The molecule has 1 aliphatic heterocycles. The van der Waals surface area contributed by atoms with Crippen LogP contribution in [0.15, 0.2) is 54.9 Å². The Bertz CT molecular complexity index is 847. The van der Waals surface area contributed by atoms with Gasteiger partial charge in [0.1, 0.15) is 23.5 Å². The monoisotopic (exact) mass is 336 g/mol. The van der Waals surface area contributed by atoms with Gasteiger partial charge >= 0.3 is 0 Å². The van der Waals surface area contributed by atoms with Crippen LogP contribution in [0.25, 0.3) is 10.9 Å². The summed E-state index contributed by atoms with van der Waals surface area (Å²) < 4.78 is 13.9. The van der Waals surface area contributed by atoms with E-state index in [4.69, 9.17) is 0 Å². The van der Waals surface area contributed by atoms with Gasteiger partial charge < -0.3 is 5.32 Å². The van der Waals surface area contributed by atoms with Crippen molar-refractivity contribution in [1.82, 2.24) is 14.9 Å². The molecule has 3 aromatic rings. The van der Waals surface area contributed by atoms with E-state index >= 15 is 0 Å². The van der Waals surface area contributed by atoms with Crippen LogP contribution in [0.4, 0.5) is 10.2 Å². The number of benzene rings is 2. The van der Waals surface area contributed by atoms with E-state index in [2.05, 4.69) is 44.5 Å². The lowest BCUT2D eigenvalue weighted by atomic mass is 10.1. The molecule has 2 aromatic carbocycles. The van der Waals surface area contributed by atoms with E-state index < -0.39 is 0 Å². The number of para-hydroxylation sites is 1. The molecular formula is C20H21FN4. The smallest absolute Gasteiger partial charge is 0.149 e. The van der Waals surface area contributed by atoms with E-state index in [-0.39, 0.29) is 11.9 Å². The van der Waals surface area contributed by atoms with Crippen molar-refractivity contribution in [3.8, 4) is 0 Å². The molecule has 4 rings (SSSR count). The lowest BCUT2D eigenvalue weighted by Crippen LogP contribution is -2.31. The number of nitrogens with zero attached hydrogens (tertiary/aromatic N) is 3. The summed E-state index contributed by atoms with van der Waals surface area (Å²) >= 11 is 0. The average Bonchev–Trinajstić information content (AvgIpc) is 3.18. The molecule has 4 nitrogen and oxygen atoms in total. The van der Waals surface area contributed by atoms with Gasteiger partial charge in [0.05, 0.1) is 6.04 Å². The van der Waals surface area contributed by atoms with Gasteiger partial charge in [0.2, 0.25) is 0 Å². The van der Waals surface area contributed by atoms with Crippen LogP contribution in [0.1, 0.15) is 24.4 Å². The third kappa shape index (κ3) is 3.33. The van der Waals surface area contributed by atoms with Crippen molar-refractivity contribution in [3.05, 3.63) is 66.2 Å². The first kappa shape index (κ1) is 16.0. The second-order valence-corrected chi connectivity index (χ2v) is 6.41. The average molecular weight is 336 g/mol. The maximum atomic E-state index is 13.9. The normalized spacial score (nSPS) is 16.2. The number of nitrogens with one attached hydrogen (secondary N) is 1. The highest BCUT2D eigenvalue weighted by Gasteiger charge is 2.23. The molecule has 0 aliphatic carbocycles. The number of rotatable bonds is 5. The highest BCUT2D eigenvalue weighted by molar-refractivity contribution is 5.89. The quantitative estimate of drug-likeness (QED) is 0.764. The molecule has 1 N–H and O–H groups in total. The summed E-state index contributed by atoms with van der Waals surface area (Å²) in [5.74, 6) is 0.367. The zero-order chi connectivity index (χ0) is 17.1.